The van der Waals surface area contributed by atoms with Gasteiger partial charge in [0.2, 0.25) is 5.95 Å². The van der Waals surface area contributed by atoms with Gasteiger partial charge in [-0.1, -0.05) is 97.1 Å². The van der Waals surface area contributed by atoms with Crippen molar-refractivity contribution in [3.63, 3.8) is 0 Å². The Labute approximate surface area is 274 Å². The van der Waals surface area contributed by atoms with Gasteiger partial charge >= 0.3 is 0 Å². The van der Waals surface area contributed by atoms with Crippen LogP contribution >= 0.6 is 0 Å². The Balaban J connectivity index is 1.40. The molecule has 11 aromatic rings. The van der Waals surface area contributed by atoms with Gasteiger partial charge in [-0.2, -0.15) is 0 Å². The number of benzene rings is 6. The quantitative estimate of drug-likeness (QED) is 0.200. The number of aromatic nitrogens is 5. The van der Waals surface area contributed by atoms with E-state index < -0.39 is 0 Å². The van der Waals surface area contributed by atoms with Crippen LogP contribution in [0, 0.1) is 0 Å². The molecule has 0 bridgehead atoms. The van der Waals surface area contributed by atoms with Gasteiger partial charge in [-0.3, -0.25) is 9.55 Å². The van der Waals surface area contributed by atoms with Crippen molar-refractivity contribution >= 4 is 76.2 Å². The van der Waals surface area contributed by atoms with Crippen molar-refractivity contribution in [2.24, 2.45) is 0 Å². The third-order valence-corrected chi connectivity index (χ3v) is 9.92. The Morgan fingerprint density at radius 1 is 0.396 bits per heavy atom. The van der Waals surface area contributed by atoms with Gasteiger partial charge in [0.05, 0.1) is 38.8 Å². The zero-order valence-electron chi connectivity index (χ0n) is 25.7. The molecule has 0 unspecified atom stereocenters. The van der Waals surface area contributed by atoms with Crippen LogP contribution in [0.4, 0.5) is 0 Å². The fourth-order valence-corrected chi connectivity index (χ4v) is 8.01. The number of para-hydroxylation sites is 2. The highest BCUT2D eigenvalue weighted by atomic mass is 15.2. The molecule has 7 aromatic carbocycles. The topological polar surface area (TPSA) is 48.5 Å². The second-order valence-corrected chi connectivity index (χ2v) is 12.4. The molecule has 0 aliphatic rings. The van der Waals surface area contributed by atoms with E-state index in [4.69, 9.17) is 15.0 Å². The zero-order chi connectivity index (χ0) is 31.3. The highest BCUT2D eigenvalue weighted by Gasteiger charge is 2.25. The van der Waals surface area contributed by atoms with Crippen molar-refractivity contribution in [3.8, 4) is 22.9 Å². The third kappa shape index (κ3) is 3.32. The molecular weight excluding hydrogens is 587 g/mol. The first-order chi connectivity index (χ1) is 23.8. The Kier molecular flexibility index (Phi) is 5.05. The third-order valence-electron chi connectivity index (χ3n) is 9.92. The summed E-state index contributed by atoms with van der Waals surface area (Å²) in [6.45, 7) is 0. The van der Waals surface area contributed by atoms with E-state index >= 15 is 0 Å². The normalized spacial score (nSPS) is 12.2. The molecule has 222 valence electrons. The first kappa shape index (κ1) is 25.6. The van der Waals surface area contributed by atoms with Gasteiger partial charge in [0.25, 0.3) is 0 Å². The molecule has 0 fully saturated rings. The minimum absolute atomic E-state index is 0.650. The van der Waals surface area contributed by atoms with Gasteiger partial charge in [-0.05, 0) is 53.9 Å². The van der Waals surface area contributed by atoms with E-state index in [2.05, 4.69) is 137 Å². The van der Waals surface area contributed by atoms with Crippen LogP contribution in [0.15, 0.2) is 152 Å². The lowest BCUT2D eigenvalue weighted by Crippen LogP contribution is -2.03. The van der Waals surface area contributed by atoms with E-state index in [0.29, 0.717) is 5.95 Å². The summed E-state index contributed by atoms with van der Waals surface area (Å²) in [5.41, 5.74) is 9.47. The van der Waals surface area contributed by atoms with Crippen LogP contribution < -0.4 is 0 Å². The van der Waals surface area contributed by atoms with Crippen LogP contribution in [0.25, 0.3) is 99.1 Å². The van der Waals surface area contributed by atoms with Gasteiger partial charge in [-0.25, -0.2) is 9.97 Å². The lowest BCUT2D eigenvalue weighted by Gasteiger charge is -2.12. The summed E-state index contributed by atoms with van der Waals surface area (Å²) in [6.07, 6.45) is 1.91. The lowest BCUT2D eigenvalue weighted by molar-refractivity contribution is 1.01. The standard InChI is InChI=1S/C43H25N5/c1-3-12-26(13-4-1)41-30-16-7-8-20-32(30)45-43(46-41)48-34-22-10-18-31-38(34)40-36(48)24-23-35-39(40)37-28(29-19-11-25-44-42(29)31)17-9-21-33(37)47(35)27-14-5-2-6-15-27/h1-25H. The Bertz CT molecular complexity index is 3050. The van der Waals surface area contributed by atoms with Crippen molar-refractivity contribution in [1.82, 2.24) is 24.1 Å². The number of rotatable bonds is 3. The monoisotopic (exact) mass is 611 g/mol. The first-order valence-corrected chi connectivity index (χ1v) is 16.2. The molecule has 0 atom stereocenters. The molecule has 11 rings (SSSR count). The highest BCUT2D eigenvalue weighted by Crippen LogP contribution is 2.47. The highest BCUT2D eigenvalue weighted by molar-refractivity contribution is 6.38. The average Bonchev–Trinajstić information content (AvgIpc) is 3.67. The van der Waals surface area contributed by atoms with E-state index in [1.807, 2.05) is 24.4 Å². The van der Waals surface area contributed by atoms with Crippen LogP contribution in [0.3, 0.4) is 0 Å². The molecule has 4 heterocycles. The first-order valence-electron chi connectivity index (χ1n) is 16.2. The van der Waals surface area contributed by atoms with Gasteiger partial charge in [0, 0.05) is 55.2 Å². The smallest absolute Gasteiger partial charge is 0.235 e. The molecule has 5 heteroatoms. The minimum Gasteiger partial charge on any atom is -0.309 e. The van der Waals surface area contributed by atoms with Crippen LogP contribution in [-0.2, 0) is 0 Å². The van der Waals surface area contributed by atoms with Crippen LogP contribution in [0.1, 0.15) is 0 Å². The molecular formula is C43H25N5. The molecule has 0 amide bonds. The minimum atomic E-state index is 0.650. The van der Waals surface area contributed by atoms with Gasteiger partial charge in [-0.15, -0.1) is 0 Å². The van der Waals surface area contributed by atoms with Crippen molar-refractivity contribution in [1.29, 1.82) is 0 Å². The molecule has 48 heavy (non-hydrogen) atoms. The second kappa shape index (κ2) is 9.47. The molecule has 4 aromatic heterocycles. The molecule has 0 saturated carbocycles. The van der Waals surface area contributed by atoms with Crippen molar-refractivity contribution in [3.05, 3.63) is 152 Å². The lowest BCUT2D eigenvalue weighted by atomic mass is 9.96. The molecule has 0 N–H and O–H groups in total. The molecule has 5 nitrogen and oxygen atoms in total. The predicted octanol–water partition coefficient (Wildman–Crippen LogP) is 10.6. The summed E-state index contributed by atoms with van der Waals surface area (Å²) < 4.78 is 4.66. The molecule has 0 radical (unpaired) electrons. The van der Waals surface area contributed by atoms with E-state index in [9.17, 15) is 0 Å². The number of pyridine rings is 1. The summed E-state index contributed by atoms with van der Waals surface area (Å²) >= 11 is 0. The molecule has 0 aliphatic carbocycles. The molecule has 0 saturated heterocycles. The fraction of sp³-hybridized carbons (Fsp3) is 0. The van der Waals surface area contributed by atoms with Crippen LogP contribution in [0.5, 0.6) is 0 Å². The number of nitrogens with zero attached hydrogens (tertiary/aromatic N) is 5. The van der Waals surface area contributed by atoms with E-state index in [0.717, 1.165) is 60.6 Å². The second-order valence-electron chi connectivity index (χ2n) is 12.4. The van der Waals surface area contributed by atoms with Crippen LogP contribution in [-0.4, -0.2) is 24.1 Å². The predicted molar refractivity (Wildman–Crippen MR) is 198 cm³/mol. The average molecular weight is 612 g/mol. The maximum Gasteiger partial charge on any atom is 0.235 e. The number of fused-ring (bicyclic) bond motifs is 4. The van der Waals surface area contributed by atoms with Gasteiger partial charge in [0.15, 0.2) is 0 Å². The summed E-state index contributed by atoms with van der Waals surface area (Å²) in [6, 6.07) is 51.4. The van der Waals surface area contributed by atoms with Gasteiger partial charge in [0.1, 0.15) is 0 Å². The van der Waals surface area contributed by atoms with E-state index in [1.54, 1.807) is 0 Å². The maximum absolute atomic E-state index is 5.35. The van der Waals surface area contributed by atoms with Crippen molar-refractivity contribution < 1.29 is 0 Å². The fourth-order valence-electron chi connectivity index (χ4n) is 8.01. The summed E-state index contributed by atoms with van der Waals surface area (Å²) in [7, 11) is 0. The zero-order valence-corrected chi connectivity index (χ0v) is 25.7. The van der Waals surface area contributed by atoms with E-state index in [1.165, 1.54) is 32.6 Å². The SMILES string of the molecule is c1ccc(-c2nc(-n3c4cccc5c6ncccc6c6cccc7c6c6c(c54)c3ccc6n7-c3ccccc3)nc3ccccc23)cc1. The Hall–Kier alpha value is -6.59. The Morgan fingerprint density at radius 3 is 1.81 bits per heavy atom. The summed E-state index contributed by atoms with van der Waals surface area (Å²) in [5.74, 6) is 0.650. The van der Waals surface area contributed by atoms with Crippen LogP contribution in [0.2, 0.25) is 0 Å². The van der Waals surface area contributed by atoms with E-state index in [-0.39, 0.29) is 0 Å². The largest absolute Gasteiger partial charge is 0.309 e. The number of hydrogen-bond acceptors (Lipinski definition) is 3. The maximum atomic E-state index is 5.35. The molecule has 0 spiro atoms. The Morgan fingerprint density at radius 2 is 1.00 bits per heavy atom. The van der Waals surface area contributed by atoms with Crippen molar-refractivity contribution in [2.75, 3.05) is 0 Å². The van der Waals surface area contributed by atoms with Crippen molar-refractivity contribution in [2.45, 2.75) is 0 Å². The van der Waals surface area contributed by atoms with Gasteiger partial charge < -0.3 is 4.57 Å². The molecule has 0 aliphatic heterocycles. The number of hydrogen-bond donors (Lipinski definition) is 0. The summed E-state index contributed by atoms with van der Waals surface area (Å²) in [5, 5.41) is 9.28. The summed E-state index contributed by atoms with van der Waals surface area (Å²) in [4.78, 5) is 15.6.